The van der Waals surface area contributed by atoms with E-state index in [4.69, 9.17) is 14.2 Å². The normalized spacial score (nSPS) is 19.5. The van der Waals surface area contributed by atoms with Gasteiger partial charge in [0.2, 0.25) is 0 Å². The van der Waals surface area contributed by atoms with Crippen LogP contribution in [-0.4, -0.2) is 19.2 Å². The molecule has 3 rings (SSSR count). The summed E-state index contributed by atoms with van der Waals surface area (Å²) in [6, 6.07) is 5.38. The van der Waals surface area contributed by atoms with Gasteiger partial charge in [-0.1, -0.05) is 19.3 Å². The summed E-state index contributed by atoms with van der Waals surface area (Å²) in [6.07, 6.45) is 10.2. The second kappa shape index (κ2) is 7.71. The van der Waals surface area contributed by atoms with Crippen molar-refractivity contribution in [3.8, 4) is 17.2 Å². The van der Waals surface area contributed by atoms with Crippen molar-refractivity contribution < 1.29 is 19.0 Å². The summed E-state index contributed by atoms with van der Waals surface area (Å²) in [7, 11) is 1.63. The highest BCUT2D eigenvalue weighted by Gasteiger charge is 2.24. The topological polar surface area (TPSA) is 44.8 Å². The number of rotatable bonds is 5. The summed E-state index contributed by atoms with van der Waals surface area (Å²) in [5.74, 6) is 1.85. The SMILES string of the molecule is COc1ccc(OC(=O)C2CCCCC2)cc1OC1CCCC1. The lowest BCUT2D eigenvalue weighted by Gasteiger charge is -2.20. The van der Waals surface area contributed by atoms with E-state index in [0.29, 0.717) is 17.2 Å². The number of hydrogen-bond acceptors (Lipinski definition) is 4. The largest absolute Gasteiger partial charge is 0.493 e. The number of carbonyl (C=O) groups is 1. The second-order valence-corrected chi connectivity index (χ2v) is 6.59. The lowest BCUT2D eigenvalue weighted by atomic mass is 9.89. The van der Waals surface area contributed by atoms with Gasteiger partial charge in [0, 0.05) is 6.07 Å². The van der Waals surface area contributed by atoms with Crippen molar-refractivity contribution in [2.75, 3.05) is 7.11 Å². The van der Waals surface area contributed by atoms with E-state index in [1.54, 1.807) is 19.2 Å². The van der Waals surface area contributed by atoms with Gasteiger partial charge in [0.05, 0.1) is 19.1 Å². The van der Waals surface area contributed by atoms with Gasteiger partial charge in [0.15, 0.2) is 11.5 Å². The van der Waals surface area contributed by atoms with E-state index >= 15 is 0 Å². The maximum Gasteiger partial charge on any atom is 0.314 e. The summed E-state index contributed by atoms with van der Waals surface area (Å²) in [5, 5.41) is 0. The summed E-state index contributed by atoms with van der Waals surface area (Å²) in [6.45, 7) is 0. The van der Waals surface area contributed by atoms with E-state index in [1.165, 1.54) is 19.3 Å². The van der Waals surface area contributed by atoms with Gasteiger partial charge in [-0.05, 0) is 50.7 Å². The van der Waals surface area contributed by atoms with Crippen molar-refractivity contribution in [3.63, 3.8) is 0 Å². The Morgan fingerprint density at radius 1 is 0.957 bits per heavy atom. The fourth-order valence-electron chi connectivity index (χ4n) is 3.54. The van der Waals surface area contributed by atoms with Crippen molar-refractivity contribution in [3.05, 3.63) is 18.2 Å². The number of ether oxygens (including phenoxy) is 3. The average Bonchev–Trinajstić information content (AvgIpc) is 3.09. The summed E-state index contributed by atoms with van der Waals surface area (Å²) < 4.78 is 17.0. The molecule has 0 heterocycles. The van der Waals surface area contributed by atoms with Crippen LogP contribution in [-0.2, 0) is 4.79 Å². The van der Waals surface area contributed by atoms with Gasteiger partial charge < -0.3 is 14.2 Å². The van der Waals surface area contributed by atoms with Crippen molar-refractivity contribution in [2.24, 2.45) is 5.92 Å². The van der Waals surface area contributed by atoms with E-state index in [-0.39, 0.29) is 18.0 Å². The number of carbonyl (C=O) groups excluding carboxylic acids is 1. The number of benzene rings is 1. The standard InChI is InChI=1S/C19H26O4/c1-21-17-12-11-16(13-18(17)22-15-9-5-6-10-15)23-19(20)14-7-3-2-4-8-14/h11-15H,2-10H2,1H3. The molecule has 4 nitrogen and oxygen atoms in total. The first-order valence-corrected chi connectivity index (χ1v) is 8.82. The smallest absolute Gasteiger partial charge is 0.314 e. The Bertz CT molecular complexity index is 528. The summed E-state index contributed by atoms with van der Waals surface area (Å²) in [5.41, 5.74) is 0. The van der Waals surface area contributed by atoms with Crippen LogP contribution in [0.5, 0.6) is 17.2 Å². The molecule has 1 aromatic carbocycles. The quantitative estimate of drug-likeness (QED) is 0.592. The van der Waals surface area contributed by atoms with E-state index in [1.807, 2.05) is 6.07 Å². The van der Waals surface area contributed by atoms with Gasteiger partial charge in [-0.25, -0.2) is 0 Å². The van der Waals surface area contributed by atoms with Crippen LogP contribution >= 0.6 is 0 Å². The van der Waals surface area contributed by atoms with Crippen molar-refractivity contribution in [1.82, 2.24) is 0 Å². The van der Waals surface area contributed by atoms with Gasteiger partial charge >= 0.3 is 5.97 Å². The van der Waals surface area contributed by atoms with Gasteiger partial charge in [0.25, 0.3) is 0 Å². The Morgan fingerprint density at radius 2 is 1.65 bits per heavy atom. The third-order valence-corrected chi connectivity index (χ3v) is 4.89. The zero-order valence-corrected chi connectivity index (χ0v) is 13.9. The highest BCUT2D eigenvalue weighted by Crippen LogP contribution is 2.35. The van der Waals surface area contributed by atoms with E-state index in [2.05, 4.69) is 0 Å². The van der Waals surface area contributed by atoms with Crippen LogP contribution in [0.3, 0.4) is 0 Å². The van der Waals surface area contributed by atoms with Gasteiger partial charge in [-0.3, -0.25) is 4.79 Å². The Hall–Kier alpha value is -1.71. The molecule has 0 saturated heterocycles. The Kier molecular flexibility index (Phi) is 5.42. The lowest BCUT2D eigenvalue weighted by Crippen LogP contribution is -2.22. The Labute approximate surface area is 138 Å². The van der Waals surface area contributed by atoms with Crippen LogP contribution in [0.1, 0.15) is 57.8 Å². The summed E-state index contributed by atoms with van der Waals surface area (Å²) in [4.78, 5) is 12.3. The molecule has 0 atom stereocenters. The average molecular weight is 318 g/mol. The van der Waals surface area contributed by atoms with Crippen molar-refractivity contribution in [2.45, 2.75) is 63.9 Å². The maximum atomic E-state index is 12.3. The molecule has 0 amide bonds. The minimum Gasteiger partial charge on any atom is -0.493 e. The van der Waals surface area contributed by atoms with Crippen molar-refractivity contribution in [1.29, 1.82) is 0 Å². The van der Waals surface area contributed by atoms with Gasteiger partial charge in [-0.15, -0.1) is 0 Å². The zero-order valence-electron chi connectivity index (χ0n) is 13.9. The first-order chi connectivity index (χ1) is 11.3. The van der Waals surface area contributed by atoms with E-state index < -0.39 is 0 Å². The number of esters is 1. The molecule has 23 heavy (non-hydrogen) atoms. The first kappa shape index (κ1) is 16.2. The first-order valence-electron chi connectivity index (χ1n) is 8.82. The fraction of sp³-hybridized carbons (Fsp3) is 0.632. The molecule has 126 valence electrons. The predicted octanol–water partition coefficient (Wildman–Crippen LogP) is 4.50. The van der Waals surface area contributed by atoms with E-state index in [9.17, 15) is 4.79 Å². The molecule has 2 fully saturated rings. The van der Waals surface area contributed by atoms with Gasteiger partial charge in [0.1, 0.15) is 5.75 Å². The fourth-order valence-corrected chi connectivity index (χ4v) is 3.54. The Morgan fingerprint density at radius 3 is 2.35 bits per heavy atom. The third kappa shape index (κ3) is 4.18. The zero-order chi connectivity index (χ0) is 16.1. The molecule has 0 unspecified atom stereocenters. The molecule has 1 aromatic rings. The third-order valence-electron chi connectivity index (χ3n) is 4.89. The van der Waals surface area contributed by atoms with Crippen LogP contribution in [0.25, 0.3) is 0 Å². The molecule has 2 aliphatic rings. The molecule has 0 spiro atoms. The molecule has 2 saturated carbocycles. The second-order valence-electron chi connectivity index (χ2n) is 6.59. The van der Waals surface area contributed by atoms with Gasteiger partial charge in [-0.2, -0.15) is 0 Å². The predicted molar refractivity (Wildman–Crippen MR) is 88.1 cm³/mol. The molecule has 0 N–H and O–H groups in total. The minimum absolute atomic E-state index is 0.0463. The van der Waals surface area contributed by atoms with Crippen LogP contribution in [0.4, 0.5) is 0 Å². The highest BCUT2D eigenvalue weighted by atomic mass is 16.5. The molecular weight excluding hydrogens is 292 g/mol. The van der Waals surface area contributed by atoms with Crippen LogP contribution in [0.2, 0.25) is 0 Å². The van der Waals surface area contributed by atoms with Crippen molar-refractivity contribution >= 4 is 5.97 Å². The molecule has 4 heteroatoms. The number of methoxy groups -OCH3 is 1. The minimum atomic E-state index is -0.110. The van der Waals surface area contributed by atoms with E-state index in [0.717, 1.165) is 38.5 Å². The molecule has 0 radical (unpaired) electrons. The lowest BCUT2D eigenvalue weighted by molar-refractivity contribution is -0.139. The van der Waals surface area contributed by atoms with Crippen LogP contribution in [0.15, 0.2) is 18.2 Å². The molecule has 2 aliphatic carbocycles. The molecule has 0 aromatic heterocycles. The molecule has 0 bridgehead atoms. The maximum absolute atomic E-state index is 12.3. The molecule has 0 aliphatic heterocycles. The monoisotopic (exact) mass is 318 g/mol. The highest BCUT2D eigenvalue weighted by molar-refractivity contribution is 5.75. The summed E-state index contributed by atoms with van der Waals surface area (Å²) >= 11 is 0. The van der Waals surface area contributed by atoms with Crippen LogP contribution in [0, 0.1) is 5.92 Å². The van der Waals surface area contributed by atoms with Crippen LogP contribution < -0.4 is 14.2 Å². The number of hydrogen-bond donors (Lipinski definition) is 0. The Balaban J connectivity index is 1.67. The molecular formula is C19H26O4.